The van der Waals surface area contributed by atoms with Gasteiger partial charge in [-0.1, -0.05) is 42.4 Å². The zero-order valence-corrected chi connectivity index (χ0v) is 12.7. The molecular formula is C16H23BO3. The van der Waals surface area contributed by atoms with Crippen molar-refractivity contribution in [2.75, 3.05) is 0 Å². The predicted molar refractivity (Wildman–Crippen MR) is 81.2 cm³/mol. The minimum absolute atomic E-state index is 0.319. The van der Waals surface area contributed by atoms with Crippen LogP contribution in [0.5, 0.6) is 0 Å². The maximum atomic E-state index is 10.1. The van der Waals surface area contributed by atoms with Gasteiger partial charge in [-0.05, 0) is 39.7 Å². The molecule has 0 saturated carbocycles. The summed E-state index contributed by atoms with van der Waals surface area (Å²) in [5.41, 5.74) is 0.284. The van der Waals surface area contributed by atoms with Gasteiger partial charge in [-0.15, -0.1) is 0 Å². The fourth-order valence-electron chi connectivity index (χ4n) is 2.10. The lowest BCUT2D eigenvalue weighted by molar-refractivity contribution is 0.00578. The molecule has 1 saturated heterocycles. The number of aliphatic hydroxyl groups excluding tert-OH is 1. The standard InChI is InChI=1S/C16H23BO3/c1-15(2)16(3,4)20-17(19-15)12-8-11-14(18)13-9-6-5-7-10-13/h5-10,12,14,18H,11H2,1-4H3/b12-8+/t14-/m1/s1. The van der Waals surface area contributed by atoms with Crippen LogP contribution in [0.4, 0.5) is 0 Å². The van der Waals surface area contributed by atoms with Crippen LogP contribution in [-0.4, -0.2) is 23.4 Å². The average Bonchev–Trinajstić information content (AvgIpc) is 2.58. The van der Waals surface area contributed by atoms with Gasteiger partial charge < -0.3 is 14.4 Å². The second kappa shape index (κ2) is 5.72. The normalized spacial score (nSPS) is 22.4. The van der Waals surface area contributed by atoms with E-state index in [9.17, 15) is 5.11 Å². The largest absolute Gasteiger partial charge is 0.486 e. The monoisotopic (exact) mass is 274 g/mol. The molecule has 0 amide bonds. The molecule has 1 N–H and O–H groups in total. The number of hydrogen-bond donors (Lipinski definition) is 1. The van der Waals surface area contributed by atoms with Crippen LogP contribution >= 0.6 is 0 Å². The van der Waals surface area contributed by atoms with Crippen LogP contribution in [0.2, 0.25) is 0 Å². The van der Waals surface area contributed by atoms with Crippen LogP contribution in [0.3, 0.4) is 0 Å². The summed E-state index contributed by atoms with van der Waals surface area (Å²) in [5, 5.41) is 10.1. The van der Waals surface area contributed by atoms with Crippen LogP contribution in [-0.2, 0) is 9.31 Å². The minimum Gasteiger partial charge on any atom is -0.400 e. The predicted octanol–water partition coefficient (Wildman–Crippen LogP) is 3.30. The molecule has 0 spiro atoms. The van der Waals surface area contributed by atoms with Crippen LogP contribution in [0.15, 0.2) is 42.4 Å². The zero-order valence-electron chi connectivity index (χ0n) is 12.7. The van der Waals surface area contributed by atoms with Crippen molar-refractivity contribution < 1.29 is 14.4 Å². The van der Waals surface area contributed by atoms with Crippen molar-refractivity contribution in [3.63, 3.8) is 0 Å². The van der Waals surface area contributed by atoms with Crippen molar-refractivity contribution in [2.45, 2.75) is 51.4 Å². The van der Waals surface area contributed by atoms with E-state index in [4.69, 9.17) is 9.31 Å². The fourth-order valence-corrected chi connectivity index (χ4v) is 2.10. The second-order valence-electron chi connectivity index (χ2n) is 6.22. The SMILES string of the molecule is CC1(C)OB(/C=C/C[C@@H](O)c2ccccc2)OC1(C)C. The molecule has 4 heteroatoms. The fraction of sp³-hybridized carbons (Fsp3) is 0.500. The highest BCUT2D eigenvalue weighted by Crippen LogP contribution is 2.36. The summed E-state index contributed by atoms with van der Waals surface area (Å²) in [6.07, 6.45) is 1.98. The first kappa shape index (κ1) is 15.3. The highest BCUT2D eigenvalue weighted by molar-refractivity contribution is 6.51. The summed E-state index contributed by atoms with van der Waals surface area (Å²) < 4.78 is 11.7. The van der Waals surface area contributed by atoms with Crippen LogP contribution < -0.4 is 0 Å². The molecule has 1 aromatic rings. The Hall–Kier alpha value is -1.10. The Balaban J connectivity index is 1.89. The van der Waals surface area contributed by atoms with Gasteiger partial charge >= 0.3 is 7.12 Å². The molecule has 0 aromatic heterocycles. The maximum absolute atomic E-state index is 10.1. The molecule has 1 heterocycles. The third-order valence-electron chi connectivity index (χ3n) is 4.11. The van der Waals surface area contributed by atoms with Crippen LogP contribution in [0.25, 0.3) is 0 Å². The van der Waals surface area contributed by atoms with Crippen molar-refractivity contribution in [1.29, 1.82) is 0 Å². The lowest BCUT2D eigenvalue weighted by atomic mass is 9.89. The lowest BCUT2D eigenvalue weighted by Gasteiger charge is -2.32. The summed E-state index contributed by atoms with van der Waals surface area (Å²) in [7, 11) is -0.344. The molecule has 0 radical (unpaired) electrons. The highest BCUT2D eigenvalue weighted by atomic mass is 16.7. The van der Waals surface area contributed by atoms with Gasteiger partial charge in [0, 0.05) is 0 Å². The second-order valence-corrected chi connectivity index (χ2v) is 6.22. The highest BCUT2D eigenvalue weighted by Gasteiger charge is 2.49. The van der Waals surface area contributed by atoms with Crippen molar-refractivity contribution >= 4 is 7.12 Å². The molecule has 3 nitrogen and oxygen atoms in total. The smallest absolute Gasteiger partial charge is 0.400 e. The van der Waals surface area contributed by atoms with Crippen molar-refractivity contribution in [3.8, 4) is 0 Å². The first-order chi connectivity index (χ1) is 9.32. The Morgan fingerprint density at radius 1 is 1.10 bits per heavy atom. The van der Waals surface area contributed by atoms with Crippen molar-refractivity contribution in [3.05, 3.63) is 47.9 Å². The Labute approximate surface area is 121 Å². The summed E-state index contributed by atoms with van der Waals surface area (Å²) in [6.45, 7) is 8.11. The Kier molecular flexibility index (Phi) is 4.38. The van der Waals surface area contributed by atoms with Crippen LogP contribution in [0.1, 0.15) is 45.8 Å². The molecule has 1 aliphatic heterocycles. The van der Waals surface area contributed by atoms with E-state index < -0.39 is 6.10 Å². The Bertz CT molecular complexity index is 452. The summed E-state index contributed by atoms with van der Waals surface area (Å²) in [5.74, 6) is 1.88. The van der Waals surface area contributed by atoms with Crippen LogP contribution in [0, 0.1) is 0 Å². The summed E-state index contributed by atoms with van der Waals surface area (Å²) in [6, 6.07) is 9.64. The molecular weight excluding hydrogens is 251 g/mol. The van der Waals surface area contributed by atoms with E-state index in [0.29, 0.717) is 6.42 Å². The van der Waals surface area contributed by atoms with Gasteiger partial charge in [-0.25, -0.2) is 0 Å². The number of aliphatic hydroxyl groups is 1. The van der Waals surface area contributed by atoms with Gasteiger partial charge in [0.25, 0.3) is 0 Å². The molecule has 0 aliphatic carbocycles. The van der Waals surface area contributed by atoms with Gasteiger partial charge in [0.05, 0.1) is 17.3 Å². The third-order valence-corrected chi connectivity index (χ3v) is 4.11. The van der Waals surface area contributed by atoms with E-state index in [1.165, 1.54) is 0 Å². The first-order valence-corrected chi connectivity index (χ1v) is 7.07. The van der Waals surface area contributed by atoms with Gasteiger partial charge in [-0.2, -0.15) is 0 Å². The molecule has 0 unspecified atom stereocenters. The molecule has 1 aliphatic rings. The molecule has 20 heavy (non-hydrogen) atoms. The van der Waals surface area contributed by atoms with Crippen molar-refractivity contribution in [2.24, 2.45) is 0 Å². The topological polar surface area (TPSA) is 38.7 Å². The Morgan fingerprint density at radius 2 is 1.65 bits per heavy atom. The van der Waals surface area contributed by atoms with E-state index in [0.717, 1.165) is 5.56 Å². The van der Waals surface area contributed by atoms with E-state index in [2.05, 4.69) is 0 Å². The van der Waals surface area contributed by atoms with E-state index in [1.807, 2.05) is 70.1 Å². The van der Waals surface area contributed by atoms with Gasteiger partial charge in [0.1, 0.15) is 0 Å². The number of hydrogen-bond acceptors (Lipinski definition) is 3. The van der Waals surface area contributed by atoms with Crippen molar-refractivity contribution in [1.82, 2.24) is 0 Å². The van der Waals surface area contributed by atoms with E-state index >= 15 is 0 Å². The molecule has 1 atom stereocenters. The maximum Gasteiger partial charge on any atom is 0.486 e. The minimum atomic E-state index is -0.491. The molecule has 1 fully saturated rings. The van der Waals surface area contributed by atoms with Gasteiger partial charge in [0.15, 0.2) is 0 Å². The summed E-state index contributed by atoms with van der Waals surface area (Å²) >= 11 is 0. The van der Waals surface area contributed by atoms with E-state index in [1.54, 1.807) is 0 Å². The summed E-state index contributed by atoms with van der Waals surface area (Å²) in [4.78, 5) is 0. The number of rotatable bonds is 4. The molecule has 108 valence electrons. The Morgan fingerprint density at radius 3 is 2.20 bits per heavy atom. The first-order valence-electron chi connectivity index (χ1n) is 7.07. The van der Waals surface area contributed by atoms with Gasteiger partial charge in [-0.3, -0.25) is 0 Å². The lowest BCUT2D eigenvalue weighted by Crippen LogP contribution is -2.41. The molecule has 0 bridgehead atoms. The van der Waals surface area contributed by atoms with E-state index in [-0.39, 0.29) is 18.3 Å². The quantitative estimate of drug-likeness (QED) is 0.856. The zero-order chi connectivity index (χ0) is 14.8. The van der Waals surface area contributed by atoms with Gasteiger partial charge in [0.2, 0.25) is 0 Å². The molecule has 2 rings (SSSR count). The average molecular weight is 274 g/mol. The number of benzene rings is 1. The third kappa shape index (κ3) is 3.32. The molecule has 1 aromatic carbocycles.